The lowest BCUT2D eigenvalue weighted by Gasteiger charge is -2.24. The zero-order chi connectivity index (χ0) is 25.4. The number of sulfonamides is 1. The number of aryl methyl sites for hydroxylation is 2. The van der Waals surface area contributed by atoms with Gasteiger partial charge in [0.1, 0.15) is 12.3 Å². The summed E-state index contributed by atoms with van der Waals surface area (Å²) < 4.78 is 33.4. The third kappa shape index (κ3) is 7.07. The summed E-state index contributed by atoms with van der Waals surface area (Å²) in [7, 11) is -4.04. The number of carbonyl (C=O) groups excluding carboxylic acids is 1. The molecule has 3 aromatic rings. The van der Waals surface area contributed by atoms with E-state index >= 15 is 0 Å². The van der Waals surface area contributed by atoms with Crippen LogP contribution in [0, 0.1) is 13.8 Å². The highest BCUT2D eigenvalue weighted by atomic mass is 35.5. The van der Waals surface area contributed by atoms with Gasteiger partial charge in [0.25, 0.3) is 15.9 Å². The number of carbonyl (C=O) groups is 1. The minimum atomic E-state index is -4.04. The van der Waals surface area contributed by atoms with Crippen molar-refractivity contribution in [1.29, 1.82) is 0 Å². The number of halogens is 1. The monoisotopic (exact) mass is 513 g/mol. The summed E-state index contributed by atoms with van der Waals surface area (Å²) in [4.78, 5) is 12.8. The van der Waals surface area contributed by atoms with Crippen LogP contribution < -0.4 is 14.5 Å². The van der Waals surface area contributed by atoms with Crippen LogP contribution >= 0.6 is 11.6 Å². The van der Waals surface area contributed by atoms with E-state index in [4.69, 9.17) is 16.3 Å². The first-order chi connectivity index (χ1) is 16.7. The van der Waals surface area contributed by atoms with Crippen molar-refractivity contribution in [2.75, 3.05) is 17.5 Å². The summed E-state index contributed by atoms with van der Waals surface area (Å²) in [6.45, 7) is 5.87. The molecule has 3 aromatic carbocycles. The number of ether oxygens (including phenoxy) is 1. The molecule has 0 atom stereocenters. The van der Waals surface area contributed by atoms with Crippen LogP contribution in [0.2, 0.25) is 5.02 Å². The van der Waals surface area contributed by atoms with Crippen LogP contribution in [0.1, 0.15) is 30.0 Å². The van der Waals surface area contributed by atoms with Crippen molar-refractivity contribution in [3.05, 3.63) is 88.4 Å². The summed E-state index contributed by atoms with van der Waals surface area (Å²) in [5, 5.41) is 4.36. The second-order valence-electron chi connectivity index (χ2n) is 7.97. The van der Waals surface area contributed by atoms with Gasteiger partial charge in [-0.3, -0.25) is 9.10 Å². The van der Waals surface area contributed by atoms with E-state index in [9.17, 15) is 13.2 Å². The molecule has 0 unspecified atom stereocenters. The van der Waals surface area contributed by atoms with Gasteiger partial charge in [-0.25, -0.2) is 13.8 Å². The van der Waals surface area contributed by atoms with E-state index in [1.165, 1.54) is 24.4 Å². The normalized spacial score (nSPS) is 11.4. The molecule has 0 aliphatic heterocycles. The lowest BCUT2D eigenvalue weighted by atomic mass is 10.2. The topological polar surface area (TPSA) is 88.1 Å². The van der Waals surface area contributed by atoms with E-state index in [0.717, 1.165) is 33.2 Å². The van der Waals surface area contributed by atoms with Gasteiger partial charge in [0.2, 0.25) is 0 Å². The Balaban J connectivity index is 1.78. The average Bonchev–Trinajstić information content (AvgIpc) is 2.84. The molecule has 0 aliphatic rings. The molecule has 1 amide bonds. The van der Waals surface area contributed by atoms with Gasteiger partial charge >= 0.3 is 0 Å². The average molecular weight is 514 g/mol. The van der Waals surface area contributed by atoms with Crippen LogP contribution in [0.4, 0.5) is 5.69 Å². The Hall–Kier alpha value is -3.36. The van der Waals surface area contributed by atoms with Crippen molar-refractivity contribution in [3.8, 4) is 5.75 Å². The van der Waals surface area contributed by atoms with Gasteiger partial charge in [0.05, 0.1) is 23.4 Å². The number of nitrogens with one attached hydrogen (secondary N) is 1. The molecule has 0 heterocycles. The van der Waals surface area contributed by atoms with Gasteiger partial charge in [-0.15, -0.1) is 0 Å². The molecule has 0 aromatic heterocycles. The third-order valence-electron chi connectivity index (χ3n) is 5.10. The first kappa shape index (κ1) is 26.2. The maximum absolute atomic E-state index is 13.4. The molecule has 35 heavy (non-hydrogen) atoms. The highest BCUT2D eigenvalue weighted by Crippen LogP contribution is 2.28. The van der Waals surface area contributed by atoms with E-state index in [-0.39, 0.29) is 10.6 Å². The Morgan fingerprint density at radius 3 is 2.37 bits per heavy atom. The van der Waals surface area contributed by atoms with Crippen LogP contribution in [0.25, 0.3) is 0 Å². The van der Waals surface area contributed by atoms with Crippen molar-refractivity contribution >= 4 is 39.4 Å². The molecule has 9 heteroatoms. The quantitative estimate of drug-likeness (QED) is 0.302. The molecule has 3 rings (SSSR count). The minimum Gasteiger partial charge on any atom is -0.494 e. The Labute approximate surface area is 211 Å². The molecule has 0 saturated carbocycles. The standard InChI is InChI=1S/C26H28ClN3O4S/c1-4-15-34-23-11-8-21(9-12-23)17-28-29-26(31)18-30(22-10-7-20(3)25(27)16-22)35(32,33)24-13-5-19(2)6-14-24/h5-14,16-17H,4,15,18H2,1-3H3,(H,29,31)/b28-17-. The van der Waals surface area contributed by atoms with Crippen LogP contribution in [0.15, 0.2) is 76.7 Å². The van der Waals surface area contributed by atoms with Gasteiger partial charge < -0.3 is 4.74 Å². The molecule has 1 N–H and O–H groups in total. The highest BCUT2D eigenvalue weighted by Gasteiger charge is 2.27. The molecule has 0 radical (unpaired) electrons. The second-order valence-corrected chi connectivity index (χ2v) is 10.2. The Kier molecular flexibility index (Phi) is 8.89. The summed E-state index contributed by atoms with van der Waals surface area (Å²) in [6, 6.07) is 18.5. The maximum atomic E-state index is 13.4. The van der Waals surface area contributed by atoms with Crippen molar-refractivity contribution in [1.82, 2.24) is 5.43 Å². The molecule has 0 spiro atoms. The van der Waals surface area contributed by atoms with E-state index in [0.29, 0.717) is 11.6 Å². The van der Waals surface area contributed by atoms with Crippen molar-refractivity contribution in [3.63, 3.8) is 0 Å². The maximum Gasteiger partial charge on any atom is 0.264 e. The number of hydrazone groups is 1. The number of benzene rings is 3. The number of anilines is 1. The lowest BCUT2D eigenvalue weighted by Crippen LogP contribution is -2.39. The van der Waals surface area contributed by atoms with Crippen molar-refractivity contribution in [2.24, 2.45) is 5.10 Å². The summed E-state index contributed by atoms with van der Waals surface area (Å²) >= 11 is 6.25. The van der Waals surface area contributed by atoms with Crippen molar-refractivity contribution < 1.29 is 17.9 Å². The SMILES string of the molecule is CCCOc1ccc(/C=N\NC(=O)CN(c2ccc(C)c(Cl)c2)S(=O)(=O)c2ccc(C)cc2)cc1. The van der Waals surface area contributed by atoms with Crippen LogP contribution in [-0.4, -0.2) is 33.7 Å². The van der Waals surface area contributed by atoms with Crippen LogP contribution in [-0.2, 0) is 14.8 Å². The van der Waals surface area contributed by atoms with Gasteiger partial charge in [-0.1, -0.05) is 42.3 Å². The largest absolute Gasteiger partial charge is 0.494 e. The smallest absolute Gasteiger partial charge is 0.264 e. The first-order valence-electron chi connectivity index (χ1n) is 11.1. The molecule has 0 aliphatic carbocycles. The zero-order valence-electron chi connectivity index (χ0n) is 19.9. The predicted octanol–water partition coefficient (Wildman–Crippen LogP) is 5.09. The van der Waals surface area contributed by atoms with Crippen LogP contribution in [0.3, 0.4) is 0 Å². The van der Waals surface area contributed by atoms with E-state index < -0.39 is 22.5 Å². The molecule has 0 bridgehead atoms. The number of nitrogens with zero attached hydrogens (tertiary/aromatic N) is 2. The minimum absolute atomic E-state index is 0.0708. The molecule has 0 fully saturated rings. The first-order valence-corrected chi connectivity index (χ1v) is 12.9. The highest BCUT2D eigenvalue weighted by molar-refractivity contribution is 7.92. The van der Waals surface area contributed by atoms with Gasteiger partial charge in [-0.2, -0.15) is 5.10 Å². The van der Waals surface area contributed by atoms with Gasteiger partial charge in [-0.05, 0) is 79.9 Å². The fraction of sp³-hybridized carbons (Fsp3) is 0.231. The zero-order valence-corrected chi connectivity index (χ0v) is 21.4. The number of hydrogen-bond acceptors (Lipinski definition) is 5. The molecular formula is C26H28ClN3O4S. The lowest BCUT2D eigenvalue weighted by molar-refractivity contribution is -0.119. The number of rotatable bonds is 10. The summed E-state index contributed by atoms with van der Waals surface area (Å²) in [6.07, 6.45) is 2.39. The summed E-state index contributed by atoms with van der Waals surface area (Å²) in [5.74, 6) is 0.151. The third-order valence-corrected chi connectivity index (χ3v) is 7.29. The second kappa shape index (κ2) is 11.9. The number of amides is 1. The van der Waals surface area contributed by atoms with Crippen molar-refractivity contribution in [2.45, 2.75) is 32.1 Å². The molecular weight excluding hydrogens is 486 g/mol. The molecule has 7 nitrogen and oxygen atoms in total. The fourth-order valence-corrected chi connectivity index (χ4v) is 4.69. The molecule has 184 valence electrons. The Morgan fingerprint density at radius 2 is 1.74 bits per heavy atom. The van der Waals surface area contributed by atoms with Gasteiger partial charge in [0, 0.05) is 5.02 Å². The van der Waals surface area contributed by atoms with Crippen LogP contribution in [0.5, 0.6) is 5.75 Å². The van der Waals surface area contributed by atoms with E-state index in [1.54, 1.807) is 24.3 Å². The summed E-state index contributed by atoms with van der Waals surface area (Å²) in [5.41, 5.74) is 5.15. The molecule has 0 saturated heterocycles. The number of hydrogen-bond donors (Lipinski definition) is 1. The Bertz CT molecular complexity index is 1290. The fourth-order valence-electron chi connectivity index (χ4n) is 3.10. The van der Waals surface area contributed by atoms with E-state index in [2.05, 4.69) is 10.5 Å². The predicted molar refractivity (Wildman–Crippen MR) is 140 cm³/mol. The Morgan fingerprint density at radius 1 is 1.06 bits per heavy atom. The van der Waals surface area contributed by atoms with E-state index in [1.807, 2.05) is 45.0 Å². The van der Waals surface area contributed by atoms with Gasteiger partial charge in [0.15, 0.2) is 0 Å².